The highest BCUT2D eigenvalue weighted by molar-refractivity contribution is 7.09. The molecule has 0 aliphatic carbocycles. The van der Waals surface area contributed by atoms with Gasteiger partial charge in [-0.3, -0.25) is 24.1 Å². The molecule has 12 heteroatoms. The van der Waals surface area contributed by atoms with Gasteiger partial charge in [0.05, 0.1) is 17.6 Å². The first-order chi connectivity index (χ1) is 25.7. The third-order valence-corrected chi connectivity index (χ3v) is 12.2. The summed E-state index contributed by atoms with van der Waals surface area (Å²) in [6.07, 6.45) is 6.31. The molecule has 0 radical (unpaired) electrons. The molecule has 1 aromatic carbocycles. The average molecular weight is 770 g/mol. The molecular weight excluding hydrogens is 703 g/mol. The lowest BCUT2D eigenvalue weighted by atomic mass is 9.82. The Hall–Kier alpha value is -3.19. The summed E-state index contributed by atoms with van der Waals surface area (Å²) in [6.45, 7) is 15.8. The molecule has 4 N–H and O–H groups in total. The van der Waals surface area contributed by atoms with E-state index in [1.165, 1.54) is 11.3 Å². The van der Waals surface area contributed by atoms with Crippen molar-refractivity contribution in [1.29, 1.82) is 0 Å². The number of nitrogens with two attached hydrogens (primary N) is 1. The maximum Gasteiger partial charge on any atom is 0.270 e. The van der Waals surface area contributed by atoms with Crippen LogP contribution in [-0.2, 0) is 25.5 Å². The van der Waals surface area contributed by atoms with Crippen LogP contribution in [0, 0.1) is 23.7 Å². The van der Waals surface area contributed by atoms with E-state index in [1.807, 2.05) is 25.8 Å². The van der Waals surface area contributed by atoms with Crippen LogP contribution >= 0.6 is 11.3 Å². The lowest BCUT2D eigenvalue weighted by Crippen LogP contribution is -2.50. The van der Waals surface area contributed by atoms with Crippen LogP contribution in [-0.4, -0.2) is 94.9 Å². The molecule has 1 aromatic heterocycles. The van der Waals surface area contributed by atoms with E-state index in [-0.39, 0.29) is 90.6 Å². The van der Waals surface area contributed by atoms with Gasteiger partial charge in [0.2, 0.25) is 5.91 Å². The monoisotopic (exact) mass is 769 g/mol. The highest BCUT2D eigenvalue weighted by Crippen LogP contribution is 2.32. The molecule has 54 heavy (non-hydrogen) atoms. The van der Waals surface area contributed by atoms with Crippen LogP contribution in [0.4, 0.5) is 0 Å². The predicted octanol–water partition coefficient (Wildman–Crippen LogP) is 6.58. The van der Waals surface area contributed by atoms with Crippen molar-refractivity contribution in [2.45, 2.75) is 130 Å². The molecule has 0 bridgehead atoms. The van der Waals surface area contributed by atoms with Crippen LogP contribution < -0.4 is 11.1 Å². The van der Waals surface area contributed by atoms with Gasteiger partial charge in [-0.1, -0.05) is 73.4 Å². The average Bonchev–Trinajstić information content (AvgIpc) is 3.66. The highest BCUT2D eigenvalue weighted by Gasteiger charge is 2.38. The normalized spacial score (nSPS) is 18.4. The lowest BCUT2D eigenvalue weighted by molar-refractivity contribution is -0.150. The summed E-state index contributed by atoms with van der Waals surface area (Å²) in [5, 5.41) is 15.4. The molecule has 3 rings (SSSR count). The molecule has 2 aromatic rings. The number of rotatable bonds is 23. The number of nitrogens with one attached hydrogen (secondary N) is 1. The standard InChI is InChI=1S/C42H67N5O6S/c1-9-19-53-26-47(42(52)34(28(5)10-2)23-38(49)36-13-11-12-18-46(36)8)37(27(3)4)21-30(7)41-45-35(25-54-41)40(51)44-32(20-29(6)39(50)24-43)22-31-14-16-33(48)17-15-31/h14-17,25,27-30,32,34,36-37,48H,9-13,18-24,26,43H2,1-8H3,(H,44,51)/t28?,29-,30+,32+,34-,36+,37+/m0/s1. The maximum absolute atomic E-state index is 14.7. The Morgan fingerprint density at radius 2 is 1.78 bits per heavy atom. The van der Waals surface area contributed by atoms with Crippen molar-refractivity contribution < 1.29 is 29.0 Å². The third-order valence-electron chi connectivity index (χ3n) is 11.2. The predicted molar refractivity (Wildman–Crippen MR) is 215 cm³/mol. The summed E-state index contributed by atoms with van der Waals surface area (Å²) in [5.41, 5.74) is 6.85. The Morgan fingerprint density at radius 1 is 1.07 bits per heavy atom. The van der Waals surface area contributed by atoms with Crippen LogP contribution in [0.15, 0.2) is 29.6 Å². The topological polar surface area (TPSA) is 155 Å². The Balaban J connectivity index is 1.81. The third kappa shape index (κ3) is 13.2. The van der Waals surface area contributed by atoms with Gasteiger partial charge in [0.15, 0.2) is 5.78 Å². The van der Waals surface area contributed by atoms with Gasteiger partial charge in [-0.25, -0.2) is 4.98 Å². The van der Waals surface area contributed by atoms with Crippen LogP contribution in [0.25, 0.3) is 0 Å². The van der Waals surface area contributed by atoms with E-state index in [2.05, 4.69) is 44.8 Å². The zero-order chi connectivity index (χ0) is 39.9. The van der Waals surface area contributed by atoms with Gasteiger partial charge in [0.1, 0.15) is 24.0 Å². The van der Waals surface area contributed by atoms with E-state index in [9.17, 15) is 24.3 Å². The smallest absolute Gasteiger partial charge is 0.270 e. The van der Waals surface area contributed by atoms with Crippen molar-refractivity contribution in [1.82, 2.24) is 20.1 Å². The minimum atomic E-state index is -0.438. The number of thiazole rings is 1. The molecular formula is C42H67N5O6S. The molecule has 0 spiro atoms. The van der Waals surface area contributed by atoms with E-state index < -0.39 is 5.92 Å². The van der Waals surface area contributed by atoms with Gasteiger partial charge >= 0.3 is 0 Å². The number of carbonyl (C=O) groups excluding carboxylic acids is 4. The number of nitrogens with zero attached hydrogens (tertiary/aromatic N) is 3. The summed E-state index contributed by atoms with van der Waals surface area (Å²) >= 11 is 1.42. The molecule has 2 heterocycles. The molecule has 2 amide bonds. The quantitative estimate of drug-likeness (QED) is 0.0840. The fourth-order valence-corrected chi connectivity index (χ4v) is 8.34. The Kier molecular flexibility index (Phi) is 18.7. The number of ketones is 2. The molecule has 7 atom stereocenters. The van der Waals surface area contributed by atoms with Crippen LogP contribution in [0.1, 0.15) is 127 Å². The fraction of sp³-hybridized carbons (Fsp3) is 0.690. The van der Waals surface area contributed by atoms with Crippen molar-refractivity contribution in [2.24, 2.45) is 29.4 Å². The number of piperidine rings is 1. The van der Waals surface area contributed by atoms with Gasteiger partial charge in [-0.15, -0.1) is 11.3 Å². The largest absolute Gasteiger partial charge is 0.508 e. The number of likely N-dealkylation sites (tertiary alicyclic amines) is 1. The molecule has 1 aliphatic rings. The number of likely N-dealkylation sites (N-methyl/N-ethyl adjacent to an activating group) is 1. The SMILES string of the molecule is CCCOCN(C(=O)[C@@H](CC(=O)[C@H]1CCCCN1C)C(C)CC)[C@H](C[C@@H](C)c1nc(C(=O)N[C@@H](Cc2ccc(O)cc2)C[C@H](C)C(=O)CN)cs1)C(C)C. The van der Waals surface area contributed by atoms with E-state index >= 15 is 0 Å². The minimum absolute atomic E-state index is 0.0283. The van der Waals surface area contributed by atoms with Gasteiger partial charge < -0.3 is 25.8 Å². The number of phenolic OH excluding ortho intramolecular Hbond substituents is 1. The zero-order valence-electron chi connectivity index (χ0n) is 34.0. The number of carbonyl (C=O) groups is 4. The summed E-state index contributed by atoms with van der Waals surface area (Å²) in [7, 11) is 2.01. The van der Waals surface area contributed by atoms with E-state index in [1.54, 1.807) is 29.6 Å². The maximum atomic E-state index is 14.7. The van der Waals surface area contributed by atoms with Crippen LogP contribution in [0.2, 0.25) is 0 Å². The summed E-state index contributed by atoms with van der Waals surface area (Å²) < 4.78 is 6.06. The number of hydrogen-bond donors (Lipinski definition) is 3. The molecule has 0 saturated carbocycles. The zero-order valence-corrected chi connectivity index (χ0v) is 34.8. The highest BCUT2D eigenvalue weighted by atomic mass is 32.1. The first-order valence-electron chi connectivity index (χ1n) is 20.1. The van der Waals surface area contributed by atoms with Gasteiger partial charge in [-0.05, 0) is 81.6 Å². The number of aromatic nitrogens is 1. The van der Waals surface area contributed by atoms with Gasteiger partial charge in [-0.2, -0.15) is 0 Å². The number of ether oxygens (including phenoxy) is 1. The summed E-state index contributed by atoms with van der Waals surface area (Å²) in [5.74, 6) is -0.833. The molecule has 11 nitrogen and oxygen atoms in total. The molecule has 302 valence electrons. The van der Waals surface area contributed by atoms with Crippen LogP contribution in [0.5, 0.6) is 5.75 Å². The number of amides is 2. The second-order valence-corrected chi connectivity index (χ2v) is 16.8. The van der Waals surface area contributed by atoms with Crippen LogP contribution in [0.3, 0.4) is 0 Å². The summed E-state index contributed by atoms with van der Waals surface area (Å²) in [6, 6.07) is 6.14. The van der Waals surface area contributed by atoms with Gasteiger partial charge in [0, 0.05) is 48.2 Å². The second-order valence-electron chi connectivity index (χ2n) is 15.9. The molecule has 1 fully saturated rings. The molecule has 1 saturated heterocycles. The van der Waals surface area contributed by atoms with Crippen molar-refractivity contribution >= 4 is 34.7 Å². The number of benzene rings is 1. The first kappa shape index (κ1) is 45.2. The lowest BCUT2D eigenvalue weighted by Gasteiger charge is -2.39. The number of Topliss-reactive ketones (excluding diaryl/α,β-unsaturated/α-hetero) is 2. The molecule has 1 unspecified atom stereocenters. The number of phenols is 1. The van der Waals surface area contributed by atoms with Crippen molar-refractivity contribution in [2.75, 3.05) is 33.5 Å². The fourth-order valence-electron chi connectivity index (χ4n) is 7.46. The number of aromatic hydroxyl groups is 1. The minimum Gasteiger partial charge on any atom is -0.508 e. The second kappa shape index (κ2) is 22.4. The van der Waals surface area contributed by atoms with Crippen molar-refractivity contribution in [3.8, 4) is 5.75 Å². The van der Waals surface area contributed by atoms with Gasteiger partial charge in [0.25, 0.3) is 5.91 Å². The van der Waals surface area contributed by atoms with Crippen molar-refractivity contribution in [3.63, 3.8) is 0 Å². The summed E-state index contributed by atoms with van der Waals surface area (Å²) in [4.78, 5) is 63.1. The van der Waals surface area contributed by atoms with E-state index in [0.29, 0.717) is 31.6 Å². The number of hydrogen-bond acceptors (Lipinski definition) is 10. The van der Waals surface area contributed by atoms with Crippen molar-refractivity contribution in [3.05, 3.63) is 45.9 Å². The Bertz CT molecular complexity index is 1480. The Morgan fingerprint density at radius 3 is 2.39 bits per heavy atom. The van der Waals surface area contributed by atoms with E-state index in [0.717, 1.165) is 49.2 Å². The first-order valence-corrected chi connectivity index (χ1v) is 21.0. The van der Waals surface area contributed by atoms with E-state index in [4.69, 9.17) is 15.5 Å². The molecule has 1 aliphatic heterocycles. The Labute approximate surface area is 327 Å².